The molecule has 0 bridgehead atoms. The Labute approximate surface area is 88.0 Å². The minimum Gasteiger partial charge on any atom is -0.507 e. The van der Waals surface area contributed by atoms with Crippen LogP contribution in [0.1, 0.15) is 19.4 Å². The van der Waals surface area contributed by atoms with E-state index in [0.717, 1.165) is 0 Å². The number of phenolic OH excluding ortho intramolecular Hbond substituents is 1. The Morgan fingerprint density at radius 1 is 1.50 bits per heavy atom. The number of halogens is 1. The second-order valence-corrected chi connectivity index (χ2v) is 3.53. The summed E-state index contributed by atoms with van der Waals surface area (Å²) in [5, 5.41) is 13.6. The Bertz CT molecular complexity index is 337. The third kappa shape index (κ3) is 3.26. The molecule has 0 aliphatic carbocycles. The topological polar surface area (TPSA) is 41.8 Å². The third-order valence-corrected chi connectivity index (χ3v) is 1.69. The van der Waals surface area contributed by atoms with E-state index >= 15 is 0 Å². The molecule has 0 aliphatic rings. The molecule has 1 aromatic carbocycles. The summed E-state index contributed by atoms with van der Waals surface area (Å²) in [5.41, 5.74) is 0.540. The zero-order chi connectivity index (χ0) is 10.6. The van der Waals surface area contributed by atoms with Crippen molar-refractivity contribution in [3.05, 3.63) is 28.8 Å². The molecule has 0 saturated carbocycles. The second-order valence-electron chi connectivity index (χ2n) is 3.09. The number of oxime groups is 1. The SMILES string of the molecule is CC(C)ON=Cc1cc(Cl)ccc1O. The van der Waals surface area contributed by atoms with Crippen LogP contribution in [0.3, 0.4) is 0 Å². The Hall–Kier alpha value is -1.22. The maximum absolute atomic E-state index is 9.39. The largest absolute Gasteiger partial charge is 0.507 e. The first-order chi connectivity index (χ1) is 6.59. The maximum atomic E-state index is 9.39. The van der Waals surface area contributed by atoms with Crippen molar-refractivity contribution in [1.82, 2.24) is 0 Å². The Morgan fingerprint density at radius 2 is 2.21 bits per heavy atom. The third-order valence-electron chi connectivity index (χ3n) is 1.45. The molecule has 0 fully saturated rings. The van der Waals surface area contributed by atoms with E-state index in [9.17, 15) is 5.11 Å². The molecule has 1 N–H and O–H groups in total. The van der Waals surface area contributed by atoms with Gasteiger partial charge in [-0.15, -0.1) is 0 Å². The van der Waals surface area contributed by atoms with Crippen molar-refractivity contribution in [3.8, 4) is 5.75 Å². The Balaban J connectivity index is 2.75. The molecule has 0 unspecified atom stereocenters. The van der Waals surface area contributed by atoms with Gasteiger partial charge in [-0.25, -0.2) is 0 Å². The van der Waals surface area contributed by atoms with Crippen molar-refractivity contribution < 1.29 is 9.94 Å². The number of nitrogens with zero attached hydrogens (tertiary/aromatic N) is 1. The van der Waals surface area contributed by atoms with Crippen molar-refractivity contribution >= 4 is 17.8 Å². The molecule has 1 rings (SSSR count). The van der Waals surface area contributed by atoms with Crippen molar-refractivity contribution in [3.63, 3.8) is 0 Å². The van der Waals surface area contributed by atoms with E-state index in [4.69, 9.17) is 16.4 Å². The number of rotatable bonds is 3. The molecule has 14 heavy (non-hydrogen) atoms. The molecule has 0 saturated heterocycles. The minimum absolute atomic E-state index is 0.0209. The summed E-state index contributed by atoms with van der Waals surface area (Å²) in [7, 11) is 0. The highest BCUT2D eigenvalue weighted by molar-refractivity contribution is 6.30. The highest BCUT2D eigenvalue weighted by Gasteiger charge is 1.98. The summed E-state index contributed by atoms with van der Waals surface area (Å²) in [6.07, 6.45) is 1.45. The molecule has 0 amide bonds. The van der Waals surface area contributed by atoms with E-state index < -0.39 is 0 Å². The van der Waals surface area contributed by atoms with Crippen LogP contribution in [0.25, 0.3) is 0 Å². The number of aromatic hydroxyl groups is 1. The summed E-state index contributed by atoms with van der Waals surface area (Å²) < 4.78 is 0. The van der Waals surface area contributed by atoms with Gasteiger partial charge in [-0.1, -0.05) is 16.8 Å². The average Bonchev–Trinajstić information content (AvgIpc) is 2.10. The molecule has 76 valence electrons. The lowest BCUT2D eigenvalue weighted by Gasteiger charge is -2.01. The zero-order valence-electron chi connectivity index (χ0n) is 8.07. The summed E-state index contributed by atoms with van der Waals surface area (Å²) in [4.78, 5) is 4.96. The molecular formula is C10H12ClNO2. The van der Waals surface area contributed by atoms with E-state index in [2.05, 4.69) is 5.16 Å². The van der Waals surface area contributed by atoms with Gasteiger partial charge < -0.3 is 9.94 Å². The van der Waals surface area contributed by atoms with Crippen LogP contribution < -0.4 is 0 Å². The average molecular weight is 214 g/mol. The van der Waals surface area contributed by atoms with Gasteiger partial charge in [-0.05, 0) is 32.0 Å². The van der Waals surface area contributed by atoms with Crippen LogP contribution in [0, 0.1) is 0 Å². The summed E-state index contributed by atoms with van der Waals surface area (Å²) in [5.74, 6) is 0.130. The van der Waals surface area contributed by atoms with Crippen LogP contribution in [0.2, 0.25) is 5.02 Å². The fraction of sp³-hybridized carbons (Fsp3) is 0.300. The normalized spacial score (nSPS) is 11.1. The van der Waals surface area contributed by atoms with Crippen molar-refractivity contribution in [1.29, 1.82) is 0 Å². The van der Waals surface area contributed by atoms with E-state index in [0.29, 0.717) is 10.6 Å². The predicted molar refractivity (Wildman–Crippen MR) is 56.9 cm³/mol. The molecule has 0 aromatic heterocycles. The van der Waals surface area contributed by atoms with Gasteiger partial charge in [0.25, 0.3) is 0 Å². The molecule has 4 heteroatoms. The van der Waals surface area contributed by atoms with Gasteiger partial charge in [-0.2, -0.15) is 0 Å². The fourth-order valence-corrected chi connectivity index (χ4v) is 1.02. The number of hydrogen-bond donors (Lipinski definition) is 1. The maximum Gasteiger partial charge on any atom is 0.124 e. The number of hydrogen-bond acceptors (Lipinski definition) is 3. The zero-order valence-corrected chi connectivity index (χ0v) is 8.82. The quantitative estimate of drug-likeness (QED) is 0.620. The van der Waals surface area contributed by atoms with Crippen LogP contribution in [0.5, 0.6) is 5.75 Å². The first-order valence-electron chi connectivity index (χ1n) is 4.27. The van der Waals surface area contributed by atoms with Crippen LogP contribution >= 0.6 is 11.6 Å². The highest BCUT2D eigenvalue weighted by Crippen LogP contribution is 2.19. The monoisotopic (exact) mass is 213 g/mol. The lowest BCUT2D eigenvalue weighted by molar-refractivity contribution is 0.0873. The molecule has 1 aromatic rings. The number of benzene rings is 1. The predicted octanol–water partition coefficient (Wildman–Crippen LogP) is 2.80. The van der Waals surface area contributed by atoms with Gasteiger partial charge in [0, 0.05) is 10.6 Å². The first kappa shape index (κ1) is 10.9. The lowest BCUT2D eigenvalue weighted by Crippen LogP contribution is -1.96. The summed E-state index contributed by atoms with van der Waals surface area (Å²) >= 11 is 5.74. The van der Waals surface area contributed by atoms with Crippen LogP contribution in [0.15, 0.2) is 23.4 Å². The van der Waals surface area contributed by atoms with E-state index in [1.54, 1.807) is 12.1 Å². The second kappa shape index (κ2) is 4.86. The highest BCUT2D eigenvalue weighted by atomic mass is 35.5. The molecule has 0 heterocycles. The molecule has 0 spiro atoms. The van der Waals surface area contributed by atoms with Gasteiger partial charge in [0.05, 0.1) is 6.21 Å². The van der Waals surface area contributed by atoms with E-state index in [1.165, 1.54) is 12.3 Å². The standard InChI is InChI=1S/C10H12ClNO2/c1-7(2)14-12-6-8-5-9(11)3-4-10(8)13/h3-7,13H,1-2H3. The van der Waals surface area contributed by atoms with Crippen molar-refractivity contribution in [2.45, 2.75) is 20.0 Å². The molecule has 3 nitrogen and oxygen atoms in total. The van der Waals surface area contributed by atoms with Gasteiger partial charge in [0.2, 0.25) is 0 Å². The first-order valence-corrected chi connectivity index (χ1v) is 4.65. The Kier molecular flexibility index (Phi) is 3.77. The van der Waals surface area contributed by atoms with Gasteiger partial charge in [0.1, 0.15) is 11.9 Å². The Morgan fingerprint density at radius 3 is 2.86 bits per heavy atom. The molecule has 0 aliphatic heterocycles. The van der Waals surface area contributed by atoms with E-state index in [1.807, 2.05) is 13.8 Å². The van der Waals surface area contributed by atoms with Gasteiger partial charge in [0.15, 0.2) is 0 Å². The lowest BCUT2D eigenvalue weighted by atomic mass is 10.2. The fourth-order valence-electron chi connectivity index (χ4n) is 0.838. The smallest absolute Gasteiger partial charge is 0.124 e. The summed E-state index contributed by atoms with van der Waals surface area (Å²) in [6, 6.07) is 4.74. The van der Waals surface area contributed by atoms with Crippen LogP contribution in [0.4, 0.5) is 0 Å². The minimum atomic E-state index is 0.0209. The van der Waals surface area contributed by atoms with Crippen molar-refractivity contribution in [2.24, 2.45) is 5.16 Å². The molecule has 0 radical (unpaired) electrons. The number of phenols is 1. The van der Waals surface area contributed by atoms with Gasteiger partial charge >= 0.3 is 0 Å². The van der Waals surface area contributed by atoms with E-state index in [-0.39, 0.29) is 11.9 Å². The van der Waals surface area contributed by atoms with Crippen LogP contribution in [-0.2, 0) is 4.84 Å². The summed E-state index contributed by atoms with van der Waals surface area (Å²) in [6.45, 7) is 3.74. The van der Waals surface area contributed by atoms with Crippen LogP contribution in [-0.4, -0.2) is 17.4 Å². The molecular weight excluding hydrogens is 202 g/mol. The molecule has 0 atom stereocenters. The van der Waals surface area contributed by atoms with Crippen molar-refractivity contribution in [2.75, 3.05) is 0 Å². The van der Waals surface area contributed by atoms with Gasteiger partial charge in [-0.3, -0.25) is 0 Å².